The van der Waals surface area contributed by atoms with Gasteiger partial charge in [0.2, 0.25) is 0 Å². The minimum atomic E-state index is -1.19. The van der Waals surface area contributed by atoms with Crippen LogP contribution in [-0.2, 0) is 16.1 Å². The molecule has 0 saturated heterocycles. The second kappa shape index (κ2) is 6.99. The smallest absolute Gasteiger partial charge is 0.307 e. The monoisotopic (exact) mass is 424 g/mol. The zero-order valence-corrected chi connectivity index (χ0v) is 15.6. The lowest BCUT2D eigenvalue weighted by molar-refractivity contribution is -0.142. The first-order chi connectivity index (χ1) is 13.3. The molecule has 1 aliphatic rings. The molecule has 3 aromatic rings. The fraction of sp³-hybridized carbons (Fsp3) is 0.167. The van der Waals surface area contributed by atoms with Crippen molar-refractivity contribution in [2.24, 2.45) is 0 Å². The van der Waals surface area contributed by atoms with E-state index in [4.69, 9.17) is 21.4 Å². The number of thiazole rings is 1. The van der Waals surface area contributed by atoms with Gasteiger partial charge in [0, 0.05) is 0 Å². The molecular formula is C18H11ClF2N2O4S. The van der Waals surface area contributed by atoms with E-state index in [9.17, 15) is 18.4 Å². The van der Waals surface area contributed by atoms with Crippen LogP contribution in [0.25, 0.3) is 10.2 Å². The predicted octanol–water partition coefficient (Wildman–Crippen LogP) is 4.00. The normalized spacial score (nSPS) is 16.2. The summed E-state index contributed by atoms with van der Waals surface area (Å²) in [7, 11) is 0. The summed E-state index contributed by atoms with van der Waals surface area (Å²) >= 11 is 6.56. The number of benzene rings is 2. The van der Waals surface area contributed by atoms with Crippen LogP contribution in [-0.4, -0.2) is 28.1 Å². The van der Waals surface area contributed by atoms with Crippen LogP contribution in [0.1, 0.15) is 11.4 Å². The van der Waals surface area contributed by atoms with Gasteiger partial charge in [-0.3, -0.25) is 14.5 Å². The maximum Gasteiger partial charge on any atom is 0.307 e. The summed E-state index contributed by atoms with van der Waals surface area (Å²) in [5.74, 6) is -3.62. The fourth-order valence-electron chi connectivity index (χ4n) is 2.95. The van der Waals surface area contributed by atoms with Crippen molar-refractivity contribution in [2.75, 3.05) is 4.90 Å². The number of carbonyl (C=O) groups excluding carboxylic acids is 1. The molecule has 0 fully saturated rings. The topological polar surface area (TPSA) is 79.7 Å². The van der Waals surface area contributed by atoms with E-state index >= 15 is 0 Å². The van der Waals surface area contributed by atoms with E-state index in [1.165, 1.54) is 11.0 Å². The second-order valence-corrected chi connectivity index (χ2v) is 7.53. The van der Waals surface area contributed by atoms with Crippen molar-refractivity contribution in [3.8, 4) is 5.75 Å². The van der Waals surface area contributed by atoms with Gasteiger partial charge in [0.25, 0.3) is 5.91 Å². The number of carboxylic acid groups (broad SMARTS) is 1. The number of hydrogen-bond acceptors (Lipinski definition) is 5. The molecule has 1 atom stereocenters. The number of aromatic nitrogens is 1. The quantitative estimate of drug-likeness (QED) is 0.640. The van der Waals surface area contributed by atoms with Gasteiger partial charge in [-0.2, -0.15) is 0 Å². The molecule has 2 aromatic carbocycles. The molecule has 28 heavy (non-hydrogen) atoms. The van der Waals surface area contributed by atoms with E-state index in [2.05, 4.69) is 4.98 Å². The average Bonchev–Trinajstić information content (AvgIpc) is 3.05. The van der Waals surface area contributed by atoms with Gasteiger partial charge in [-0.05, 0) is 18.2 Å². The Hall–Kier alpha value is -2.78. The Bertz CT molecular complexity index is 1120. The van der Waals surface area contributed by atoms with Crippen LogP contribution in [0, 0.1) is 11.6 Å². The highest BCUT2D eigenvalue weighted by atomic mass is 35.5. The molecule has 1 unspecified atom stereocenters. The van der Waals surface area contributed by atoms with Gasteiger partial charge in [0.1, 0.15) is 10.8 Å². The number of carboxylic acids is 1. The van der Waals surface area contributed by atoms with Crippen LogP contribution in [0.5, 0.6) is 5.75 Å². The van der Waals surface area contributed by atoms with Crippen molar-refractivity contribution in [3.63, 3.8) is 0 Å². The lowest BCUT2D eigenvalue weighted by Crippen LogP contribution is -2.46. The number of ether oxygens (including phenoxy) is 1. The van der Waals surface area contributed by atoms with E-state index < -0.39 is 36.0 Å². The minimum absolute atomic E-state index is 0.00650. The SMILES string of the molecule is O=C(O)CC1Oc2ccccc2N(Cc2nc3cc(Cl)c(F)c(F)c3s2)C1=O. The molecule has 1 N–H and O–H groups in total. The number of fused-ring (bicyclic) bond motifs is 2. The van der Waals surface area contributed by atoms with Gasteiger partial charge in [-0.15, -0.1) is 11.3 Å². The summed E-state index contributed by atoms with van der Waals surface area (Å²) in [6, 6.07) is 7.89. The van der Waals surface area contributed by atoms with Crippen LogP contribution < -0.4 is 9.64 Å². The minimum Gasteiger partial charge on any atom is -0.481 e. The van der Waals surface area contributed by atoms with Crippen LogP contribution >= 0.6 is 22.9 Å². The molecule has 144 valence electrons. The van der Waals surface area contributed by atoms with Crippen molar-refractivity contribution in [2.45, 2.75) is 19.1 Å². The Labute approximate surface area is 165 Å². The van der Waals surface area contributed by atoms with Gasteiger partial charge in [-0.25, -0.2) is 13.8 Å². The lowest BCUT2D eigenvalue weighted by Gasteiger charge is -2.33. The Kier molecular flexibility index (Phi) is 4.64. The Morgan fingerprint density at radius 2 is 2.07 bits per heavy atom. The van der Waals surface area contributed by atoms with Crippen LogP contribution in [0.2, 0.25) is 5.02 Å². The molecule has 1 amide bonds. The van der Waals surface area contributed by atoms with E-state index in [1.54, 1.807) is 24.3 Å². The van der Waals surface area contributed by atoms with Gasteiger partial charge in [0.15, 0.2) is 17.7 Å². The van der Waals surface area contributed by atoms with E-state index in [1.807, 2.05) is 0 Å². The van der Waals surface area contributed by atoms with E-state index in [0.717, 1.165) is 11.3 Å². The zero-order chi connectivity index (χ0) is 20.0. The molecule has 0 saturated carbocycles. The number of carbonyl (C=O) groups is 2. The summed E-state index contributed by atoms with van der Waals surface area (Å²) in [5, 5.41) is 9.00. The summed E-state index contributed by atoms with van der Waals surface area (Å²) in [4.78, 5) is 29.4. The first kappa shape index (κ1) is 18.6. The highest BCUT2D eigenvalue weighted by Crippen LogP contribution is 2.37. The van der Waals surface area contributed by atoms with Gasteiger partial charge in [0.05, 0.1) is 33.9 Å². The number of rotatable bonds is 4. The van der Waals surface area contributed by atoms with E-state index in [-0.39, 0.29) is 21.8 Å². The first-order valence-electron chi connectivity index (χ1n) is 8.07. The number of aliphatic carboxylic acids is 1. The van der Waals surface area contributed by atoms with Crippen molar-refractivity contribution in [1.29, 1.82) is 0 Å². The highest BCUT2D eigenvalue weighted by Gasteiger charge is 2.36. The van der Waals surface area contributed by atoms with Gasteiger partial charge < -0.3 is 9.84 Å². The molecule has 1 aliphatic heterocycles. The third-order valence-corrected chi connectivity index (χ3v) is 5.51. The fourth-order valence-corrected chi connectivity index (χ4v) is 4.10. The maximum absolute atomic E-state index is 14.1. The summed E-state index contributed by atoms with van der Waals surface area (Å²) in [6.45, 7) is -0.0483. The molecule has 0 bridgehead atoms. The summed E-state index contributed by atoms with van der Waals surface area (Å²) in [5.41, 5.74) is 0.623. The number of anilines is 1. The standard InChI is InChI=1S/C18H11ClF2N2O4S/c19-8-5-9-17(16(21)15(8)20)28-13(22-9)7-23-10-3-1-2-4-11(10)27-12(18(23)26)6-14(24)25/h1-5,12H,6-7H2,(H,24,25). The molecule has 10 heteroatoms. The number of halogens is 3. The number of para-hydroxylation sites is 2. The van der Waals surface area contributed by atoms with E-state index in [0.29, 0.717) is 16.4 Å². The zero-order valence-electron chi connectivity index (χ0n) is 14.0. The summed E-state index contributed by atoms with van der Waals surface area (Å²) < 4.78 is 33.3. The highest BCUT2D eigenvalue weighted by molar-refractivity contribution is 7.18. The summed E-state index contributed by atoms with van der Waals surface area (Å²) in [6.07, 6.45) is -1.69. The molecule has 6 nitrogen and oxygen atoms in total. The molecule has 1 aromatic heterocycles. The molecule has 0 spiro atoms. The van der Waals surface area contributed by atoms with Crippen molar-refractivity contribution in [1.82, 2.24) is 4.98 Å². The van der Waals surface area contributed by atoms with Gasteiger partial charge >= 0.3 is 5.97 Å². The predicted molar refractivity (Wildman–Crippen MR) is 98.8 cm³/mol. The lowest BCUT2D eigenvalue weighted by atomic mass is 10.1. The van der Waals surface area contributed by atoms with Gasteiger partial charge in [-0.1, -0.05) is 23.7 Å². The molecule has 0 radical (unpaired) electrons. The number of amides is 1. The third-order valence-electron chi connectivity index (χ3n) is 4.18. The second-order valence-electron chi connectivity index (χ2n) is 6.04. The largest absolute Gasteiger partial charge is 0.481 e. The average molecular weight is 425 g/mol. The van der Waals surface area contributed by atoms with Crippen LogP contribution in [0.4, 0.5) is 14.5 Å². The maximum atomic E-state index is 14.1. The molecule has 0 aliphatic carbocycles. The number of nitrogens with zero attached hydrogens (tertiary/aromatic N) is 2. The Morgan fingerprint density at radius 3 is 2.82 bits per heavy atom. The molecular weight excluding hydrogens is 414 g/mol. The third kappa shape index (κ3) is 3.16. The number of hydrogen-bond donors (Lipinski definition) is 1. The Balaban J connectivity index is 1.73. The Morgan fingerprint density at radius 1 is 1.32 bits per heavy atom. The first-order valence-corrected chi connectivity index (χ1v) is 9.26. The molecule has 4 rings (SSSR count). The van der Waals surface area contributed by atoms with Crippen molar-refractivity contribution >= 4 is 50.7 Å². The van der Waals surface area contributed by atoms with Crippen molar-refractivity contribution in [3.05, 3.63) is 52.0 Å². The van der Waals surface area contributed by atoms with Crippen molar-refractivity contribution < 1.29 is 28.2 Å². The molecule has 2 heterocycles. The van der Waals surface area contributed by atoms with Crippen LogP contribution in [0.3, 0.4) is 0 Å². The van der Waals surface area contributed by atoms with Crippen LogP contribution in [0.15, 0.2) is 30.3 Å².